The van der Waals surface area contributed by atoms with Gasteiger partial charge in [0.15, 0.2) is 23.3 Å². The van der Waals surface area contributed by atoms with Crippen molar-refractivity contribution in [3.63, 3.8) is 0 Å². The highest BCUT2D eigenvalue weighted by Gasteiger charge is 2.17. The minimum atomic E-state index is -0.920. The molecule has 0 amide bonds. The lowest BCUT2D eigenvalue weighted by Crippen LogP contribution is -2.20. The summed E-state index contributed by atoms with van der Waals surface area (Å²) in [4.78, 5) is 5.09. The standard InChI is InChI=1S/C13H12F3N3/c1-2-19(9-5-3-4-8(14)6-9)13-11(16)7-10(15)12(17)18-13/h3-7H,2H2,1H3,(H2,17,18). The van der Waals surface area contributed by atoms with Crippen LogP contribution in [-0.4, -0.2) is 11.5 Å². The van der Waals surface area contributed by atoms with Crippen LogP contribution >= 0.6 is 0 Å². The van der Waals surface area contributed by atoms with Crippen molar-refractivity contribution in [2.24, 2.45) is 0 Å². The molecule has 0 saturated heterocycles. The molecule has 2 aromatic rings. The van der Waals surface area contributed by atoms with Crippen molar-refractivity contribution in [2.45, 2.75) is 6.92 Å². The Kier molecular flexibility index (Phi) is 3.59. The quantitative estimate of drug-likeness (QED) is 0.928. The van der Waals surface area contributed by atoms with E-state index in [9.17, 15) is 13.2 Å². The number of pyridine rings is 1. The molecule has 100 valence electrons. The molecule has 0 radical (unpaired) electrons. The molecule has 19 heavy (non-hydrogen) atoms. The number of hydrogen-bond acceptors (Lipinski definition) is 3. The number of benzene rings is 1. The van der Waals surface area contributed by atoms with Gasteiger partial charge in [0.1, 0.15) is 5.82 Å². The molecule has 0 fully saturated rings. The number of nitrogen functional groups attached to an aromatic ring is 1. The molecule has 1 heterocycles. The van der Waals surface area contributed by atoms with E-state index in [2.05, 4.69) is 4.98 Å². The third-order valence-corrected chi connectivity index (χ3v) is 2.63. The van der Waals surface area contributed by atoms with Gasteiger partial charge in [0.2, 0.25) is 0 Å². The number of nitrogens with zero attached hydrogens (tertiary/aromatic N) is 2. The van der Waals surface area contributed by atoms with Crippen LogP contribution in [0.25, 0.3) is 0 Å². The van der Waals surface area contributed by atoms with Crippen molar-refractivity contribution >= 4 is 17.3 Å². The minimum absolute atomic E-state index is 0.132. The summed E-state index contributed by atoms with van der Waals surface area (Å²) in [5.74, 6) is -2.75. The van der Waals surface area contributed by atoms with Gasteiger partial charge in [-0.15, -0.1) is 0 Å². The second kappa shape index (κ2) is 5.17. The van der Waals surface area contributed by atoms with E-state index in [0.29, 0.717) is 18.3 Å². The van der Waals surface area contributed by atoms with Gasteiger partial charge in [-0.2, -0.15) is 0 Å². The van der Waals surface area contributed by atoms with Gasteiger partial charge in [-0.05, 0) is 25.1 Å². The van der Waals surface area contributed by atoms with E-state index in [1.807, 2.05) is 0 Å². The number of anilines is 3. The SMILES string of the molecule is CCN(c1cccc(F)c1)c1nc(N)c(F)cc1F. The Labute approximate surface area is 108 Å². The molecular formula is C13H12F3N3. The normalized spacial score (nSPS) is 10.5. The number of nitrogens with two attached hydrogens (primary N) is 1. The zero-order valence-electron chi connectivity index (χ0n) is 10.2. The van der Waals surface area contributed by atoms with Crippen molar-refractivity contribution < 1.29 is 13.2 Å². The molecule has 0 spiro atoms. The number of aromatic nitrogens is 1. The van der Waals surface area contributed by atoms with E-state index >= 15 is 0 Å². The summed E-state index contributed by atoms with van der Waals surface area (Å²) in [5, 5.41) is 0. The molecule has 1 aromatic heterocycles. The summed E-state index contributed by atoms with van der Waals surface area (Å²) < 4.78 is 40.0. The average molecular weight is 267 g/mol. The van der Waals surface area contributed by atoms with Crippen LogP contribution in [0.2, 0.25) is 0 Å². The predicted octanol–water partition coefficient (Wildman–Crippen LogP) is 3.24. The van der Waals surface area contributed by atoms with E-state index in [-0.39, 0.29) is 5.82 Å². The molecule has 0 aliphatic carbocycles. The maximum atomic E-state index is 13.8. The fourth-order valence-electron chi connectivity index (χ4n) is 1.76. The number of rotatable bonds is 3. The van der Waals surface area contributed by atoms with Crippen molar-refractivity contribution in [3.8, 4) is 0 Å². The first kappa shape index (κ1) is 13.2. The maximum absolute atomic E-state index is 13.8. The molecule has 2 N–H and O–H groups in total. The summed E-state index contributed by atoms with van der Waals surface area (Å²) in [6.07, 6.45) is 0. The molecule has 2 rings (SSSR count). The summed E-state index contributed by atoms with van der Waals surface area (Å²) >= 11 is 0. The lowest BCUT2D eigenvalue weighted by molar-refractivity contribution is 0.576. The van der Waals surface area contributed by atoms with Crippen LogP contribution in [0.1, 0.15) is 6.92 Å². The topological polar surface area (TPSA) is 42.2 Å². The third kappa shape index (κ3) is 2.62. The minimum Gasteiger partial charge on any atom is -0.381 e. The third-order valence-electron chi connectivity index (χ3n) is 2.63. The highest BCUT2D eigenvalue weighted by atomic mass is 19.1. The van der Waals surface area contributed by atoms with Gasteiger partial charge < -0.3 is 10.6 Å². The van der Waals surface area contributed by atoms with Crippen LogP contribution in [0.3, 0.4) is 0 Å². The van der Waals surface area contributed by atoms with Crippen LogP contribution in [0.5, 0.6) is 0 Å². The highest BCUT2D eigenvalue weighted by molar-refractivity contribution is 5.61. The smallest absolute Gasteiger partial charge is 0.171 e. The Morgan fingerprint density at radius 1 is 1.16 bits per heavy atom. The first-order chi connectivity index (χ1) is 9.02. The van der Waals surface area contributed by atoms with Gasteiger partial charge >= 0.3 is 0 Å². The molecule has 0 bridgehead atoms. The van der Waals surface area contributed by atoms with E-state index in [1.165, 1.54) is 23.1 Å². The zero-order chi connectivity index (χ0) is 14.0. The monoisotopic (exact) mass is 267 g/mol. The molecule has 0 atom stereocenters. The molecule has 1 aromatic carbocycles. The van der Waals surface area contributed by atoms with Crippen LogP contribution < -0.4 is 10.6 Å². The average Bonchev–Trinajstić information content (AvgIpc) is 2.36. The van der Waals surface area contributed by atoms with E-state index < -0.39 is 23.3 Å². The summed E-state index contributed by atoms with van der Waals surface area (Å²) in [7, 11) is 0. The Morgan fingerprint density at radius 3 is 2.53 bits per heavy atom. The molecule has 6 heteroatoms. The largest absolute Gasteiger partial charge is 0.381 e. The number of hydrogen-bond donors (Lipinski definition) is 1. The van der Waals surface area contributed by atoms with E-state index in [1.54, 1.807) is 13.0 Å². The molecule has 0 aliphatic heterocycles. The Balaban J connectivity index is 2.51. The molecule has 0 saturated carbocycles. The summed E-state index contributed by atoms with van der Waals surface area (Å²) in [6, 6.07) is 6.29. The Morgan fingerprint density at radius 2 is 1.89 bits per heavy atom. The first-order valence-electron chi connectivity index (χ1n) is 5.67. The maximum Gasteiger partial charge on any atom is 0.171 e. The first-order valence-corrected chi connectivity index (χ1v) is 5.67. The zero-order valence-corrected chi connectivity index (χ0v) is 10.2. The van der Waals surface area contributed by atoms with Gasteiger partial charge in [-0.25, -0.2) is 18.2 Å². The van der Waals surface area contributed by atoms with Gasteiger partial charge in [-0.3, -0.25) is 0 Å². The van der Waals surface area contributed by atoms with Crippen molar-refractivity contribution in [1.29, 1.82) is 0 Å². The molecule has 0 aliphatic rings. The fourth-order valence-corrected chi connectivity index (χ4v) is 1.76. The van der Waals surface area contributed by atoms with Crippen molar-refractivity contribution in [3.05, 3.63) is 47.8 Å². The van der Waals surface area contributed by atoms with Gasteiger partial charge in [0, 0.05) is 18.3 Å². The van der Waals surface area contributed by atoms with Gasteiger partial charge in [-0.1, -0.05) is 6.07 Å². The Bertz CT molecular complexity index is 602. The van der Waals surface area contributed by atoms with Crippen LogP contribution in [0.4, 0.5) is 30.5 Å². The molecular weight excluding hydrogens is 255 g/mol. The highest BCUT2D eigenvalue weighted by Crippen LogP contribution is 2.28. The van der Waals surface area contributed by atoms with Crippen molar-refractivity contribution in [1.82, 2.24) is 4.98 Å². The van der Waals surface area contributed by atoms with E-state index in [0.717, 1.165) is 0 Å². The lowest BCUT2D eigenvalue weighted by Gasteiger charge is -2.22. The fraction of sp³-hybridized carbons (Fsp3) is 0.154. The summed E-state index contributed by atoms with van der Waals surface area (Å²) in [5.41, 5.74) is 5.75. The predicted molar refractivity (Wildman–Crippen MR) is 67.6 cm³/mol. The van der Waals surface area contributed by atoms with Crippen molar-refractivity contribution in [2.75, 3.05) is 17.2 Å². The van der Waals surface area contributed by atoms with Gasteiger partial charge in [0.25, 0.3) is 0 Å². The van der Waals surface area contributed by atoms with E-state index in [4.69, 9.17) is 5.73 Å². The van der Waals surface area contributed by atoms with Crippen LogP contribution in [0.15, 0.2) is 30.3 Å². The second-order valence-corrected chi connectivity index (χ2v) is 3.88. The second-order valence-electron chi connectivity index (χ2n) is 3.88. The Hall–Kier alpha value is -2.24. The van der Waals surface area contributed by atoms with Crippen LogP contribution in [0, 0.1) is 17.5 Å². The lowest BCUT2D eigenvalue weighted by atomic mass is 10.2. The molecule has 0 unspecified atom stereocenters. The molecule has 3 nitrogen and oxygen atoms in total. The summed E-state index contributed by atoms with van der Waals surface area (Å²) in [6.45, 7) is 2.07. The van der Waals surface area contributed by atoms with Crippen LogP contribution in [-0.2, 0) is 0 Å². The van der Waals surface area contributed by atoms with Gasteiger partial charge in [0.05, 0.1) is 0 Å². The number of halogens is 3.